The van der Waals surface area contributed by atoms with Crippen molar-refractivity contribution in [2.75, 3.05) is 13.1 Å². The van der Waals surface area contributed by atoms with Crippen LogP contribution in [0.15, 0.2) is 42.5 Å². The third-order valence-electron chi connectivity index (χ3n) is 12.6. The molecule has 2 aromatic carbocycles. The Balaban J connectivity index is 2.57. The summed E-state index contributed by atoms with van der Waals surface area (Å²) in [6.07, 6.45) is -13.4. The summed E-state index contributed by atoms with van der Waals surface area (Å²) in [7, 11) is 0. The minimum absolute atomic E-state index is 0.0494. The molecule has 0 saturated heterocycles. The van der Waals surface area contributed by atoms with Crippen LogP contribution in [-0.2, 0) is 85.9 Å². The molecule has 31 nitrogen and oxygen atoms in total. The number of unbranched alkanes of at least 4 members (excludes halogenated alkanes) is 2. The lowest BCUT2D eigenvalue weighted by Gasteiger charge is -2.27. The lowest BCUT2D eigenvalue weighted by atomic mass is 9.96. The zero-order valence-corrected chi connectivity index (χ0v) is 47.5. The van der Waals surface area contributed by atoms with Gasteiger partial charge in [-0.25, -0.2) is 4.79 Å². The van der Waals surface area contributed by atoms with Crippen LogP contribution in [0.5, 0.6) is 5.75 Å². The van der Waals surface area contributed by atoms with Gasteiger partial charge in [-0.15, -0.1) is 6.42 Å². The number of nitrogens with two attached hydrogens (primary N) is 2. The highest BCUT2D eigenvalue weighted by Crippen LogP contribution is 2.41. The maximum Gasteiger partial charge on any atom is 0.417 e. The van der Waals surface area contributed by atoms with Gasteiger partial charge in [0.25, 0.3) is 0 Å². The van der Waals surface area contributed by atoms with Gasteiger partial charge in [-0.2, -0.15) is 26.3 Å². The molecule has 8 amide bonds. The highest BCUT2D eigenvalue weighted by Gasteiger charge is 2.42. The summed E-state index contributed by atoms with van der Waals surface area (Å²) in [5, 5.41) is 83.4. The number of nitrogens with one attached hydrogen (secondary N) is 8. The number of benzene rings is 2. The first-order valence-corrected chi connectivity index (χ1v) is 26.8. The highest BCUT2D eigenvalue weighted by molar-refractivity contribution is 6.01. The van der Waals surface area contributed by atoms with Crippen LogP contribution >= 0.6 is 0 Å². The second-order valence-corrected chi connectivity index (χ2v) is 19.7. The molecular formula is C54H64F6N10O21. The first-order valence-electron chi connectivity index (χ1n) is 26.8. The normalized spacial score (nSPS) is 14.0. The van der Waals surface area contributed by atoms with Gasteiger partial charge in [0.2, 0.25) is 47.3 Å². The van der Waals surface area contributed by atoms with E-state index >= 15 is 0 Å². The number of phenolic OH excluding ortho intramolecular Hbond substituents is 1. The number of rotatable bonds is 38. The molecule has 0 aliphatic rings. The molecule has 498 valence electrons. The van der Waals surface area contributed by atoms with Crippen molar-refractivity contribution in [3.8, 4) is 18.1 Å². The van der Waals surface area contributed by atoms with Crippen LogP contribution in [0.4, 0.5) is 26.3 Å². The molecule has 2 aromatic rings. The predicted octanol–water partition coefficient (Wildman–Crippen LogP) is -1.74. The SMILES string of the molecule is C#Cc1cc(C(F)(F)F)c(/C=C/C(=O)N[C@@H](CC(=O)O)C(=O)N[C@@H](Cc2ccc(O)cc2)C(=O)N[C@@H](CCCCN)C(=O)N[C@@H](CC(=O)O)C(=O)N[C@@H](CC(=O)O)C(=O)N[C@@H](CC(=O)O)C(=O)N[C@@H](CC(=O)O)C(=O)N[C@@H](CCCCN)C(=O)O)c(C(F)(F)F)c1. The summed E-state index contributed by atoms with van der Waals surface area (Å²) in [6.45, 7) is 0.0841. The quantitative estimate of drug-likeness (QED) is 0.0154. The van der Waals surface area contributed by atoms with Crippen LogP contribution in [-0.4, -0.2) is 180 Å². The molecule has 0 saturated carbocycles. The smallest absolute Gasteiger partial charge is 0.417 e. The molecular weight excluding hydrogens is 1240 g/mol. The molecule has 0 aliphatic carbocycles. The molecule has 0 aliphatic heterocycles. The van der Waals surface area contributed by atoms with Gasteiger partial charge in [0.1, 0.15) is 54.1 Å². The maximum absolute atomic E-state index is 14.3. The van der Waals surface area contributed by atoms with E-state index in [4.69, 9.17) is 17.9 Å². The summed E-state index contributed by atoms with van der Waals surface area (Å²) < 4.78 is 84.2. The number of carbonyl (C=O) groups excluding carboxylic acids is 8. The highest BCUT2D eigenvalue weighted by atomic mass is 19.4. The number of amides is 8. The van der Waals surface area contributed by atoms with Gasteiger partial charge in [-0.1, -0.05) is 18.1 Å². The van der Waals surface area contributed by atoms with E-state index in [1.165, 1.54) is 12.1 Å². The maximum atomic E-state index is 14.3. The third-order valence-corrected chi connectivity index (χ3v) is 12.6. The number of carboxylic acids is 6. The third kappa shape index (κ3) is 27.3. The van der Waals surface area contributed by atoms with Crippen LogP contribution in [0.25, 0.3) is 6.08 Å². The van der Waals surface area contributed by atoms with E-state index in [0.717, 1.165) is 12.1 Å². The fourth-order valence-corrected chi connectivity index (χ4v) is 8.18. The number of carboxylic acid groups (broad SMARTS) is 6. The van der Waals surface area contributed by atoms with Crippen molar-refractivity contribution in [3.63, 3.8) is 0 Å². The van der Waals surface area contributed by atoms with Crippen LogP contribution < -0.4 is 54.0 Å². The molecule has 2 rings (SSSR count). The lowest BCUT2D eigenvalue weighted by molar-refractivity contribution is -0.145. The van der Waals surface area contributed by atoms with Crippen molar-refractivity contribution in [1.29, 1.82) is 0 Å². The molecule has 0 fully saturated rings. The number of terminal acetylenes is 1. The molecule has 37 heteroatoms. The molecule has 0 unspecified atom stereocenters. The average Bonchev–Trinajstić information content (AvgIpc) is 0.813. The van der Waals surface area contributed by atoms with Crippen LogP contribution in [0.3, 0.4) is 0 Å². The Bertz CT molecular complexity index is 3070. The molecule has 0 heterocycles. The Morgan fingerprint density at radius 2 is 0.769 bits per heavy atom. The molecule has 0 aromatic heterocycles. The molecule has 19 N–H and O–H groups in total. The Hall–Kier alpha value is -10.4. The second-order valence-electron chi connectivity index (χ2n) is 19.7. The van der Waals surface area contributed by atoms with Gasteiger partial charge < -0.3 is 89.7 Å². The van der Waals surface area contributed by atoms with Gasteiger partial charge in [-0.05, 0) is 93.1 Å². The average molecular weight is 1300 g/mol. The minimum Gasteiger partial charge on any atom is -0.508 e. The summed E-state index contributed by atoms with van der Waals surface area (Å²) in [5.41, 5.74) is 4.77. The van der Waals surface area contributed by atoms with Crippen molar-refractivity contribution in [2.24, 2.45) is 11.5 Å². The van der Waals surface area contributed by atoms with Crippen molar-refractivity contribution in [1.82, 2.24) is 42.5 Å². The minimum atomic E-state index is -5.49. The molecule has 0 radical (unpaired) electrons. The number of carbonyl (C=O) groups is 14. The number of alkyl halides is 6. The largest absolute Gasteiger partial charge is 0.508 e. The number of phenols is 1. The van der Waals surface area contributed by atoms with Gasteiger partial charge in [0, 0.05) is 18.1 Å². The van der Waals surface area contributed by atoms with Crippen molar-refractivity contribution < 1.29 is 129 Å². The fraction of sp³-hybridized carbons (Fsp3) is 0.444. The van der Waals surface area contributed by atoms with Gasteiger partial charge in [0.05, 0.1) is 43.2 Å². The van der Waals surface area contributed by atoms with E-state index in [1.54, 1.807) is 5.92 Å². The van der Waals surface area contributed by atoms with E-state index in [0.29, 0.717) is 6.42 Å². The molecule has 0 spiro atoms. The van der Waals surface area contributed by atoms with Crippen LogP contribution in [0.2, 0.25) is 0 Å². The molecule has 8 atom stereocenters. The number of hydrogen-bond donors (Lipinski definition) is 17. The first kappa shape index (κ1) is 76.7. The Labute approximate surface area is 510 Å². The standard InChI is InChI=1S/C54H64F6N10O21/c1-2-25-17-29(53(55,56)57)28(30(18-25)54(58,59)60)13-14-39(72)63-34(20-40(73)74)47(85)66-33(19-26-9-11-27(71)12-10-26)46(84)64-31(7-3-5-15-61)45(83)67-36(22-42(77)78)49(87)69-38(24-44(81)82)51(89)70-37(23-43(79)80)50(88)68-35(21-41(75)76)48(86)65-32(52(90)91)8-4-6-16-62/h1,9-14,17-18,31-38,71H,3-8,15-16,19-24,61-62H2,(H,63,72)(H,64,84)(H,65,86)(H,66,85)(H,67,83)(H,68,88)(H,69,87)(H,70,89)(H,73,74)(H,75,76)(H,77,78)(H,79,80)(H,81,82)(H,90,91)/b14-13+/t31-,32-,33-,34-,35-,36-,37-,38-/m0/s1. The van der Waals surface area contributed by atoms with Gasteiger partial charge >= 0.3 is 48.2 Å². The van der Waals surface area contributed by atoms with E-state index in [2.05, 4.69) is 10.6 Å². The molecule has 0 bridgehead atoms. The zero-order chi connectivity index (χ0) is 69.1. The fourth-order valence-electron chi connectivity index (χ4n) is 8.18. The number of hydrogen-bond acceptors (Lipinski definition) is 17. The Morgan fingerprint density at radius 3 is 1.10 bits per heavy atom. The van der Waals surface area contributed by atoms with Crippen molar-refractivity contribution in [3.05, 3.63) is 70.3 Å². The van der Waals surface area contributed by atoms with Gasteiger partial charge in [-0.3, -0.25) is 62.3 Å². The van der Waals surface area contributed by atoms with E-state index in [1.807, 2.05) is 31.9 Å². The monoisotopic (exact) mass is 1300 g/mol. The van der Waals surface area contributed by atoms with E-state index < -0.39 is 211 Å². The Kier molecular flexibility index (Phi) is 30.5. The second kappa shape index (κ2) is 36.2. The first-order chi connectivity index (χ1) is 42.4. The number of halogens is 6. The zero-order valence-electron chi connectivity index (χ0n) is 47.5. The summed E-state index contributed by atoms with van der Waals surface area (Å²) >= 11 is 0. The van der Waals surface area contributed by atoms with Crippen LogP contribution in [0.1, 0.15) is 98.4 Å². The van der Waals surface area contributed by atoms with E-state index in [-0.39, 0.29) is 74.4 Å². The van der Waals surface area contributed by atoms with E-state index in [9.17, 15) is 129 Å². The topological polar surface area (TPSA) is 529 Å². The number of aromatic hydroxyl groups is 1. The van der Waals surface area contributed by atoms with Crippen LogP contribution in [0, 0.1) is 12.3 Å². The summed E-state index contributed by atoms with van der Waals surface area (Å²) in [4.78, 5) is 181. The molecule has 91 heavy (non-hydrogen) atoms. The lowest BCUT2D eigenvalue weighted by Crippen LogP contribution is -2.61. The van der Waals surface area contributed by atoms with Gasteiger partial charge in [0.15, 0.2) is 0 Å². The summed E-state index contributed by atoms with van der Waals surface area (Å²) in [6, 6.07) is -12.1. The number of aliphatic carboxylic acids is 6. The van der Waals surface area contributed by atoms with Crippen molar-refractivity contribution >= 4 is 89.1 Å². The Morgan fingerprint density at radius 1 is 0.462 bits per heavy atom. The summed E-state index contributed by atoms with van der Waals surface area (Å²) in [5.74, 6) is -21.9. The predicted molar refractivity (Wildman–Crippen MR) is 295 cm³/mol. The van der Waals surface area contributed by atoms with Crippen molar-refractivity contribution in [2.45, 2.75) is 138 Å².